The van der Waals surface area contributed by atoms with E-state index in [-0.39, 0.29) is 6.04 Å². The number of carbonyl (C=O) groups is 1. The molecule has 2 aromatic rings. The largest absolute Gasteiger partial charge is 0.489 e. The van der Waals surface area contributed by atoms with Crippen molar-refractivity contribution in [3.8, 4) is 5.75 Å². The van der Waals surface area contributed by atoms with Gasteiger partial charge in [0.05, 0.1) is 13.2 Å². The minimum absolute atomic E-state index is 0.156. The Kier molecular flexibility index (Phi) is 7.07. The molecule has 2 aromatic carbocycles. The molecule has 1 aliphatic rings. The quantitative estimate of drug-likeness (QED) is 0.748. The van der Waals surface area contributed by atoms with Gasteiger partial charge >= 0.3 is 6.09 Å². The molecule has 1 amide bonds. The normalized spacial score (nSPS) is 15.9. The number of carboxylic acid groups (broad SMARTS) is 1. The number of hydrogen-bond donors (Lipinski definition) is 2. The third-order valence-corrected chi connectivity index (χ3v) is 4.56. The van der Waals surface area contributed by atoms with E-state index < -0.39 is 6.09 Å². The summed E-state index contributed by atoms with van der Waals surface area (Å²) in [6, 6.07) is 17.7. The van der Waals surface area contributed by atoms with E-state index in [1.165, 1.54) is 0 Å². The van der Waals surface area contributed by atoms with E-state index in [9.17, 15) is 4.79 Å². The molecule has 0 saturated carbocycles. The standard InChI is InChI=1S/C21H26N2O4/c24-21(25)22-19(15-23-10-12-26-13-11-23)14-17-6-8-20(9-7-17)27-16-18-4-2-1-3-5-18/h1-9,19,22H,10-16H2,(H,24,25). The second kappa shape index (κ2) is 9.94. The average molecular weight is 370 g/mol. The Morgan fingerprint density at radius 3 is 2.44 bits per heavy atom. The van der Waals surface area contributed by atoms with Crippen LogP contribution < -0.4 is 10.1 Å². The Hall–Kier alpha value is -2.57. The maximum absolute atomic E-state index is 11.1. The molecule has 0 aliphatic carbocycles. The Labute approximate surface area is 159 Å². The van der Waals surface area contributed by atoms with Crippen molar-refractivity contribution < 1.29 is 19.4 Å². The Balaban J connectivity index is 1.54. The molecule has 27 heavy (non-hydrogen) atoms. The number of nitrogens with one attached hydrogen (secondary N) is 1. The summed E-state index contributed by atoms with van der Waals surface area (Å²) in [6.07, 6.45) is -0.348. The third kappa shape index (κ3) is 6.58. The number of benzene rings is 2. The zero-order chi connectivity index (χ0) is 18.9. The molecule has 0 aromatic heterocycles. The molecule has 6 heteroatoms. The van der Waals surface area contributed by atoms with Gasteiger partial charge in [-0.3, -0.25) is 4.90 Å². The average Bonchev–Trinajstić information content (AvgIpc) is 2.68. The minimum atomic E-state index is -0.990. The van der Waals surface area contributed by atoms with E-state index in [1.807, 2.05) is 54.6 Å². The van der Waals surface area contributed by atoms with Crippen molar-refractivity contribution in [1.82, 2.24) is 10.2 Å². The maximum Gasteiger partial charge on any atom is 0.404 e. The Morgan fingerprint density at radius 2 is 1.78 bits per heavy atom. The first kappa shape index (κ1) is 19.2. The van der Waals surface area contributed by atoms with Gasteiger partial charge in [-0.15, -0.1) is 0 Å². The lowest BCUT2D eigenvalue weighted by molar-refractivity contribution is 0.0337. The van der Waals surface area contributed by atoms with Crippen molar-refractivity contribution in [3.63, 3.8) is 0 Å². The molecule has 1 heterocycles. The van der Waals surface area contributed by atoms with E-state index >= 15 is 0 Å². The first-order valence-electron chi connectivity index (χ1n) is 9.24. The minimum Gasteiger partial charge on any atom is -0.489 e. The Bertz CT molecular complexity index is 700. The summed E-state index contributed by atoms with van der Waals surface area (Å²) in [5.41, 5.74) is 2.20. The smallest absolute Gasteiger partial charge is 0.404 e. The highest BCUT2D eigenvalue weighted by molar-refractivity contribution is 5.65. The first-order chi connectivity index (χ1) is 13.2. The molecule has 6 nitrogen and oxygen atoms in total. The van der Waals surface area contributed by atoms with Crippen LogP contribution in [0.25, 0.3) is 0 Å². The predicted octanol–water partition coefficient (Wildman–Crippen LogP) is 2.78. The zero-order valence-electron chi connectivity index (χ0n) is 15.3. The lowest BCUT2D eigenvalue weighted by Gasteiger charge is -2.30. The molecule has 1 fully saturated rings. The van der Waals surface area contributed by atoms with Crippen LogP contribution in [0.4, 0.5) is 4.79 Å². The van der Waals surface area contributed by atoms with Crippen LogP contribution in [0.3, 0.4) is 0 Å². The fourth-order valence-corrected chi connectivity index (χ4v) is 3.18. The number of nitrogens with zero attached hydrogens (tertiary/aromatic N) is 1. The van der Waals surface area contributed by atoms with Crippen LogP contribution in [0, 0.1) is 0 Å². The number of amides is 1. The summed E-state index contributed by atoms with van der Waals surface area (Å²) >= 11 is 0. The van der Waals surface area contributed by atoms with Crippen LogP contribution >= 0.6 is 0 Å². The SMILES string of the molecule is O=C(O)NC(Cc1ccc(OCc2ccccc2)cc1)CN1CCOCC1. The number of ether oxygens (including phenoxy) is 2. The number of rotatable bonds is 8. The molecule has 0 radical (unpaired) electrons. The highest BCUT2D eigenvalue weighted by Gasteiger charge is 2.18. The monoisotopic (exact) mass is 370 g/mol. The summed E-state index contributed by atoms with van der Waals surface area (Å²) in [5, 5.41) is 11.8. The predicted molar refractivity (Wildman–Crippen MR) is 103 cm³/mol. The van der Waals surface area contributed by atoms with Crippen molar-refractivity contribution in [2.45, 2.75) is 19.1 Å². The van der Waals surface area contributed by atoms with Crippen molar-refractivity contribution in [2.75, 3.05) is 32.8 Å². The molecular formula is C21H26N2O4. The maximum atomic E-state index is 11.1. The molecule has 1 atom stereocenters. The van der Waals surface area contributed by atoms with Crippen molar-refractivity contribution in [2.24, 2.45) is 0 Å². The molecule has 1 saturated heterocycles. The van der Waals surface area contributed by atoms with Crippen LogP contribution in [-0.2, 0) is 17.8 Å². The molecule has 2 N–H and O–H groups in total. The topological polar surface area (TPSA) is 71.0 Å². The van der Waals surface area contributed by atoms with Crippen molar-refractivity contribution >= 4 is 6.09 Å². The van der Waals surface area contributed by atoms with Crippen LogP contribution in [0.2, 0.25) is 0 Å². The van der Waals surface area contributed by atoms with E-state index in [0.717, 1.165) is 30.0 Å². The summed E-state index contributed by atoms with van der Waals surface area (Å²) in [6.45, 7) is 4.29. The fourth-order valence-electron chi connectivity index (χ4n) is 3.18. The van der Waals surface area contributed by atoms with E-state index in [1.54, 1.807) is 0 Å². The highest BCUT2D eigenvalue weighted by Crippen LogP contribution is 2.16. The van der Waals surface area contributed by atoms with E-state index in [2.05, 4.69) is 10.2 Å². The molecule has 144 valence electrons. The van der Waals surface area contributed by atoms with Crippen LogP contribution in [0.1, 0.15) is 11.1 Å². The van der Waals surface area contributed by atoms with Crippen molar-refractivity contribution in [3.05, 3.63) is 65.7 Å². The van der Waals surface area contributed by atoms with Gasteiger partial charge in [-0.2, -0.15) is 0 Å². The third-order valence-electron chi connectivity index (χ3n) is 4.56. The summed E-state index contributed by atoms with van der Waals surface area (Å²) in [4.78, 5) is 13.4. The molecule has 1 aliphatic heterocycles. The van der Waals surface area contributed by atoms with Gasteiger partial charge in [-0.05, 0) is 29.7 Å². The van der Waals surface area contributed by atoms with Gasteiger partial charge in [0.15, 0.2) is 0 Å². The van der Waals surface area contributed by atoms with Gasteiger partial charge in [0.25, 0.3) is 0 Å². The molecule has 0 spiro atoms. The molecular weight excluding hydrogens is 344 g/mol. The van der Waals surface area contributed by atoms with Crippen LogP contribution in [-0.4, -0.2) is 55.0 Å². The van der Waals surface area contributed by atoms with Gasteiger partial charge in [0.1, 0.15) is 12.4 Å². The van der Waals surface area contributed by atoms with Gasteiger partial charge in [0.2, 0.25) is 0 Å². The molecule has 0 bridgehead atoms. The van der Waals surface area contributed by atoms with Gasteiger partial charge in [0, 0.05) is 25.7 Å². The lowest BCUT2D eigenvalue weighted by Crippen LogP contribution is -2.47. The summed E-state index contributed by atoms with van der Waals surface area (Å²) in [5.74, 6) is 0.804. The second-order valence-electron chi connectivity index (χ2n) is 6.68. The van der Waals surface area contributed by atoms with E-state index in [4.69, 9.17) is 14.6 Å². The van der Waals surface area contributed by atoms with Crippen molar-refractivity contribution in [1.29, 1.82) is 0 Å². The number of hydrogen-bond acceptors (Lipinski definition) is 4. The second-order valence-corrected chi connectivity index (χ2v) is 6.68. The van der Waals surface area contributed by atoms with Crippen LogP contribution in [0.5, 0.6) is 5.75 Å². The zero-order valence-corrected chi connectivity index (χ0v) is 15.3. The molecule has 3 rings (SSSR count). The first-order valence-corrected chi connectivity index (χ1v) is 9.24. The van der Waals surface area contributed by atoms with Gasteiger partial charge in [-0.1, -0.05) is 42.5 Å². The van der Waals surface area contributed by atoms with Crippen LogP contribution in [0.15, 0.2) is 54.6 Å². The summed E-state index contributed by atoms with van der Waals surface area (Å²) in [7, 11) is 0. The Morgan fingerprint density at radius 1 is 1.07 bits per heavy atom. The van der Waals surface area contributed by atoms with Gasteiger partial charge in [-0.25, -0.2) is 4.79 Å². The number of morpholine rings is 1. The lowest BCUT2D eigenvalue weighted by atomic mass is 10.1. The summed E-state index contributed by atoms with van der Waals surface area (Å²) < 4.78 is 11.2. The highest BCUT2D eigenvalue weighted by atomic mass is 16.5. The van der Waals surface area contributed by atoms with E-state index in [0.29, 0.717) is 32.8 Å². The van der Waals surface area contributed by atoms with Gasteiger partial charge < -0.3 is 19.9 Å². The fraction of sp³-hybridized carbons (Fsp3) is 0.381. The molecule has 1 unspecified atom stereocenters.